The summed E-state index contributed by atoms with van der Waals surface area (Å²) in [7, 11) is 0. The van der Waals surface area contributed by atoms with Gasteiger partial charge in [-0.15, -0.1) is 10.2 Å². The number of non-ortho nitro benzene ring substituents is 1. The molecule has 0 aliphatic carbocycles. The molecule has 2 aromatic rings. The number of aliphatic carboxylic acids is 1. The Kier molecular flexibility index (Phi) is 3.51. The number of halogens is 1. The third-order valence-electron chi connectivity index (χ3n) is 2.20. The number of hydrogen-bond acceptors (Lipinski definition) is 6. The number of nitro benzene ring substituents is 1. The Hall–Kier alpha value is -3.10. The largest absolute Gasteiger partial charge is 0.478 e. The fraction of sp³-hybridized carbons (Fsp3) is 0. The zero-order valence-corrected chi connectivity index (χ0v) is 9.69. The third-order valence-corrected chi connectivity index (χ3v) is 2.20. The fourth-order valence-electron chi connectivity index (χ4n) is 1.34. The van der Waals surface area contributed by atoms with Gasteiger partial charge in [0.25, 0.3) is 11.6 Å². The van der Waals surface area contributed by atoms with Crippen LogP contribution in [-0.2, 0) is 4.79 Å². The lowest BCUT2D eigenvalue weighted by Gasteiger charge is -1.97. The van der Waals surface area contributed by atoms with Crippen LogP contribution in [0.4, 0.5) is 10.1 Å². The van der Waals surface area contributed by atoms with Crippen molar-refractivity contribution in [2.24, 2.45) is 0 Å². The molecule has 8 nitrogen and oxygen atoms in total. The second-order valence-corrected chi connectivity index (χ2v) is 3.54. The first-order valence-electron chi connectivity index (χ1n) is 5.16. The molecule has 0 aliphatic rings. The van der Waals surface area contributed by atoms with Crippen LogP contribution in [0.1, 0.15) is 5.89 Å². The van der Waals surface area contributed by atoms with E-state index in [1.807, 2.05) is 0 Å². The maximum atomic E-state index is 13.7. The average molecular weight is 279 g/mol. The van der Waals surface area contributed by atoms with Gasteiger partial charge in [-0.3, -0.25) is 10.1 Å². The molecular weight excluding hydrogens is 273 g/mol. The summed E-state index contributed by atoms with van der Waals surface area (Å²) in [6, 6.07) is 2.95. The maximum absolute atomic E-state index is 13.7. The van der Waals surface area contributed by atoms with E-state index in [-0.39, 0.29) is 17.3 Å². The molecule has 1 aromatic carbocycles. The summed E-state index contributed by atoms with van der Waals surface area (Å²) in [6.45, 7) is 0. The van der Waals surface area contributed by atoms with E-state index in [1.165, 1.54) is 0 Å². The molecule has 0 saturated carbocycles. The molecule has 0 amide bonds. The van der Waals surface area contributed by atoms with E-state index in [9.17, 15) is 19.3 Å². The lowest BCUT2D eigenvalue weighted by atomic mass is 10.2. The van der Waals surface area contributed by atoms with Crippen molar-refractivity contribution in [3.05, 3.63) is 46.1 Å². The van der Waals surface area contributed by atoms with Crippen LogP contribution < -0.4 is 0 Å². The molecule has 102 valence electrons. The number of carbonyl (C=O) groups is 1. The summed E-state index contributed by atoms with van der Waals surface area (Å²) in [5, 5.41) is 25.9. The maximum Gasteiger partial charge on any atom is 0.328 e. The van der Waals surface area contributed by atoms with Gasteiger partial charge in [0.2, 0.25) is 5.89 Å². The first kappa shape index (κ1) is 13.3. The molecule has 0 spiro atoms. The highest BCUT2D eigenvalue weighted by Crippen LogP contribution is 2.25. The van der Waals surface area contributed by atoms with Crippen molar-refractivity contribution >= 4 is 17.7 Å². The van der Waals surface area contributed by atoms with Crippen molar-refractivity contribution in [2.45, 2.75) is 0 Å². The van der Waals surface area contributed by atoms with Crippen molar-refractivity contribution < 1.29 is 23.6 Å². The Morgan fingerprint density at radius 1 is 1.45 bits per heavy atom. The number of nitro groups is 1. The lowest BCUT2D eigenvalue weighted by molar-refractivity contribution is -0.385. The van der Waals surface area contributed by atoms with Crippen LogP contribution in [0.25, 0.3) is 17.5 Å². The van der Waals surface area contributed by atoms with Crippen LogP contribution in [0.2, 0.25) is 0 Å². The van der Waals surface area contributed by atoms with Gasteiger partial charge in [-0.2, -0.15) is 0 Å². The minimum absolute atomic E-state index is 0.113. The number of carboxylic acids is 1. The van der Waals surface area contributed by atoms with E-state index in [0.717, 1.165) is 30.4 Å². The molecule has 0 saturated heterocycles. The fourth-order valence-corrected chi connectivity index (χ4v) is 1.34. The molecule has 1 N–H and O–H groups in total. The molecule has 1 aromatic heterocycles. The van der Waals surface area contributed by atoms with Gasteiger partial charge < -0.3 is 9.52 Å². The molecule has 0 bridgehead atoms. The molecular formula is C11H6FN3O5. The molecule has 20 heavy (non-hydrogen) atoms. The minimum atomic E-state index is -1.20. The first-order chi connectivity index (χ1) is 9.47. The second kappa shape index (κ2) is 5.26. The smallest absolute Gasteiger partial charge is 0.328 e. The number of carboxylic acid groups (broad SMARTS) is 1. The van der Waals surface area contributed by atoms with Gasteiger partial charge >= 0.3 is 5.97 Å². The first-order valence-corrected chi connectivity index (χ1v) is 5.16. The SMILES string of the molecule is O=C(O)/C=C/c1nnc(-c2ccc([N+](=O)[O-])cc2F)o1. The Morgan fingerprint density at radius 3 is 2.80 bits per heavy atom. The monoisotopic (exact) mass is 279 g/mol. The van der Waals surface area contributed by atoms with E-state index in [0.29, 0.717) is 0 Å². The molecule has 1 heterocycles. The highest BCUT2D eigenvalue weighted by Gasteiger charge is 2.16. The van der Waals surface area contributed by atoms with Crippen LogP contribution in [0.15, 0.2) is 28.7 Å². The molecule has 2 rings (SSSR count). The van der Waals surface area contributed by atoms with Crippen LogP contribution in [0.5, 0.6) is 0 Å². The van der Waals surface area contributed by atoms with Crippen molar-refractivity contribution in [3.63, 3.8) is 0 Å². The van der Waals surface area contributed by atoms with Gasteiger partial charge in [-0.05, 0) is 6.07 Å². The average Bonchev–Trinajstić information content (AvgIpc) is 2.84. The number of rotatable bonds is 4. The summed E-state index contributed by atoms with van der Waals surface area (Å²) < 4.78 is 18.7. The van der Waals surface area contributed by atoms with Crippen molar-refractivity contribution in [2.75, 3.05) is 0 Å². The van der Waals surface area contributed by atoms with Crippen molar-refractivity contribution in [1.82, 2.24) is 10.2 Å². The van der Waals surface area contributed by atoms with E-state index in [4.69, 9.17) is 9.52 Å². The number of nitrogens with zero attached hydrogens (tertiary/aromatic N) is 3. The molecule has 0 atom stereocenters. The van der Waals surface area contributed by atoms with Crippen molar-refractivity contribution in [3.8, 4) is 11.5 Å². The Balaban J connectivity index is 2.33. The summed E-state index contributed by atoms with van der Waals surface area (Å²) in [5.74, 6) is -2.43. The van der Waals surface area contributed by atoms with Crippen LogP contribution in [0.3, 0.4) is 0 Å². The molecule has 0 unspecified atom stereocenters. The Labute approximate surface area is 110 Å². The topological polar surface area (TPSA) is 119 Å². The van der Waals surface area contributed by atoms with Gasteiger partial charge in [0.1, 0.15) is 5.82 Å². The zero-order chi connectivity index (χ0) is 14.7. The second-order valence-electron chi connectivity index (χ2n) is 3.54. The number of aromatic nitrogens is 2. The van der Waals surface area contributed by atoms with E-state index < -0.39 is 22.4 Å². The molecule has 0 radical (unpaired) electrons. The number of hydrogen-bond donors (Lipinski definition) is 1. The van der Waals surface area contributed by atoms with Crippen molar-refractivity contribution in [1.29, 1.82) is 0 Å². The molecule has 0 aliphatic heterocycles. The summed E-state index contributed by atoms with van der Waals surface area (Å²) >= 11 is 0. The summed E-state index contributed by atoms with van der Waals surface area (Å²) in [6.07, 6.45) is 1.83. The van der Waals surface area contributed by atoms with E-state index >= 15 is 0 Å². The Morgan fingerprint density at radius 2 is 2.20 bits per heavy atom. The van der Waals surface area contributed by atoms with Gasteiger partial charge in [-0.25, -0.2) is 9.18 Å². The van der Waals surface area contributed by atoms with Crippen LogP contribution in [0, 0.1) is 15.9 Å². The van der Waals surface area contributed by atoms with Crippen LogP contribution in [-0.4, -0.2) is 26.2 Å². The summed E-state index contributed by atoms with van der Waals surface area (Å²) in [4.78, 5) is 20.0. The van der Waals surface area contributed by atoms with Crippen LogP contribution >= 0.6 is 0 Å². The molecule has 9 heteroatoms. The Bertz CT molecular complexity index is 710. The number of benzene rings is 1. The third kappa shape index (κ3) is 2.83. The predicted octanol–water partition coefficient (Wildman–Crippen LogP) is 1.88. The van der Waals surface area contributed by atoms with Gasteiger partial charge in [0, 0.05) is 18.2 Å². The minimum Gasteiger partial charge on any atom is -0.478 e. The lowest BCUT2D eigenvalue weighted by Crippen LogP contribution is -1.91. The van der Waals surface area contributed by atoms with E-state index in [1.54, 1.807) is 0 Å². The van der Waals surface area contributed by atoms with Gasteiger partial charge in [0.05, 0.1) is 16.6 Å². The highest BCUT2D eigenvalue weighted by molar-refractivity contribution is 5.84. The quantitative estimate of drug-likeness (QED) is 0.515. The van der Waals surface area contributed by atoms with E-state index in [2.05, 4.69) is 10.2 Å². The highest BCUT2D eigenvalue weighted by atomic mass is 19.1. The summed E-state index contributed by atoms with van der Waals surface area (Å²) in [5.41, 5.74) is -0.519. The zero-order valence-electron chi connectivity index (χ0n) is 9.69. The normalized spacial score (nSPS) is 10.8. The standard InChI is InChI=1S/C11H6FN3O5/c12-8-5-6(15(18)19)1-2-7(8)11-14-13-9(20-11)3-4-10(16)17/h1-5H,(H,16,17)/b4-3+. The van der Waals surface area contributed by atoms with Gasteiger partial charge in [0.15, 0.2) is 0 Å². The van der Waals surface area contributed by atoms with Gasteiger partial charge in [-0.1, -0.05) is 0 Å². The predicted molar refractivity (Wildman–Crippen MR) is 63.0 cm³/mol. The molecule has 0 fully saturated rings.